The number of amides is 1. The van der Waals surface area contributed by atoms with Gasteiger partial charge in [0.1, 0.15) is 11.5 Å². The Bertz CT molecular complexity index is 1100. The summed E-state index contributed by atoms with van der Waals surface area (Å²) in [4.78, 5) is 27.3. The van der Waals surface area contributed by atoms with Gasteiger partial charge in [-0.2, -0.15) is 0 Å². The number of hydrogen-bond donors (Lipinski definition) is 1. The van der Waals surface area contributed by atoms with Crippen LogP contribution in [0.3, 0.4) is 0 Å². The van der Waals surface area contributed by atoms with Crippen LogP contribution in [0.4, 0.5) is 0 Å². The highest BCUT2D eigenvalue weighted by Crippen LogP contribution is 2.41. The Morgan fingerprint density at radius 2 is 1.85 bits per heavy atom. The lowest BCUT2D eigenvalue weighted by molar-refractivity contribution is -0.140. The number of benzene rings is 2. The molecular weight excluding hydrogens is 465 g/mol. The lowest BCUT2D eigenvalue weighted by Gasteiger charge is -2.25. The van der Waals surface area contributed by atoms with E-state index >= 15 is 0 Å². The number of aryl methyl sites for hydroxylation is 1. The van der Waals surface area contributed by atoms with E-state index in [0.717, 1.165) is 5.56 Å². The van der Waals surface area contributed by atoms with Crippen LogP contribution in [0.2, 0.25) is 10.0 Å². The van der Waals surface area contributed by atoms with Crippen LogP contribution in [-0.4, -0.2) is 48.6 Å². The van der Waals surface area contributed by atoms with E-state index in [4.69, 9.17) is 32.7 Å². The lowest BCUT2D eigenvalue weighted by atomic mass is 9.95. The molecule has 0 saturated carbocycles. The van der Waals surface area contributed by atoms with E-state index in [1.54, 1.807) is 36.4 Å². The second kappa shape index (κ2) is 10.6. The van der Waals surface area contributed by atoms with Gasteiger partial charge < -0.3 is 19.5 Å². The Morgan fingerprint density at radius 3 is 2.45 bits per heavy atom. The topological polar surface area (TPSA) is 76.1 Å². The van der Waals surface area contributed by atoms with Crippen molar-refractivity contribution in [1.29, 1.82) is 0 Å². The van der Waals surface area contributed by atoms with Crippen LogP contribution in [-0.2, 0) is 14.3 Å². The number of rotatable bonds is 8. The molecule has 1 N–H and O–H groups in total. The fourth-order valence-electron chi connectivity index (χ4n) is 3.70. The summed E-state index contributed by atoms with van der Waals surface area (Å²) < 4.78 is 10.9. The van der Waals surface area contributed by atoms with Gasteiger partial charge in [-0.1, -0.05) is 43.1 Å². The van der Waals surface area contributed by atoms with Crippen molar-refractivity contribution >= 4 is 40.7 Å². The number of aliphatic hydroxyl groups excluding tert-OH is 1. The smallest absolute Gasteiger partial charge is 0.295 e. The minimum atomic E-state index is -0.827. The first-order valence-electron chi connectivity index (χ1n) is 10.6. The van der Waals surface area contributed by atoms with Crippen molar-refractivity contribution in [2.45, 2.75) is 26.8 Å². The van der Waals surface area contributed by atoms with Crippen molar-refractivity contribution in [3.63, 3.8) is 0 Å². The lowest BCUT2D eigenvalue weighted by Crippen LogP contribution is -2.32. The minimum absolute atomic E-state index is 0.00950. The van der Waals surface area contributed by atoms with Gasteiger partial charge in [0.15, 0.2) is 0 Å². The maximum atomic E-state index is 13.0. The zero-order valence-corrected chi connectivity index (χ0v) is 20.5. The molecule has 0 bridgehead atoms. The highest BCUT2D eigenvalue weighted by molar-refractivity contribution is 6.46. The van der Waals surface area contributed by atoms with Crippen molar-refractivity contribution < 1.29 is 24.2 Å². The predicted octanol–water partition coefficient (Wildman–Crippen LogP) is 5.40. The monoisotopic (exact) mass is 491 g/mol. The van der Waals surface area contributed by atoms with E-state index in [1.807, 2.05) is 6.92 Å². The third-order valence-corrected chi connectivity index (χ3v) is 6.10. The summed E-state index contributed by atoms with van der Waals surface area (Å²) in [5, 5.41) is 11.8. The highest BCUT2D eigenvalue weighted by Gasteiger charge is 2.46. The number of carbonyl (C=O) groups excluding carboxylic acids is 2. The Kier molecular flexibility index (Phi) is 8.05. The highest BCUT2D eigenvalue weighted by atomic mass is 35.5. The molecule has 1 aliphatic heterocycles. The zero-order valence-electron chi connectivity index (χ0n) is 19.0. The third-order valence-electron chi connectivity index (χ3n) is 5.36. The second-order valence-corrected chi connectivity index (χ2v) is 9.16. The van der Waals surface area contributed by atoms with Crippen molar-refractivity contribution in [3.05, 3.63) is 68.7 Å². The molecule has 8 heteroatoms. The first kappa shape index (κ1) is 25.1. The van der Waals surface area contributed by atoms with Gasteiger partial charge in [-0.05, 0) is 54.3 Å². The Morgan fingerprint density at radius 1 is 1.12 bits per heavy atom. The summed E-state index contributed by atoms with van der Waals surface area (Å²) in [5.74, 6) is -0.674. The summed E-state index contributed by atoms with van der Waals surface area (Å²) in [6.07, 6.45) is 0. The number of ketones is 1. The summed E-state index contributed by atoms with van der Waals surface area (Å²) >= 11 is 12.3. The van der Waals surface area contributed by atoms with Gasteiger partial charge in [0.25, 0.3) is 11.7 Å². The number of methoxy groups -OCH3 is 1. The molecule has 1 fully saturated rings. The maximum Gasteiger partial charge on any atom is 0.295 e. The normalized spacial score (nSPS) is 17.8. The molecule has 6 nitrogen and oxygen atoms in total. The molecule has 1 heterocycles. The van der Waals surface area contributed by atoms with Crippen LogP contribution in [0.1, 0.15) is 36.6 Å². The fourth-order valence-corrected chi connectivity index (χ4v) is 4.01. The zero-order chi connectivity index (χ0) is 24.3. The number of ether oxygens (including phenoxy) is 2. The Labute approximate surface area is 203 Å². The fraction of sp³-hybridized carbons (Fsp3) is 0.360. The number of aliphatic hydroxyl groups is 1. The summed E-state index contributed by atoms with van der Waals surface area (Å²) in [5.41, 5.74) is 1.78. The van der Waals surface area contributed by atoms with E-state index < -0.39 is 17.7 Å². The van der Waals surface area contributed by atoms with Crippen molar-refractivity contribution in [2.75, 3.05) is 26.9 Å². The number of hydrogen-bond acceptors (Lipinski definition) is 5. The van der Waals surface area contributed by atoms with Crippen LogP contribution < -0.4 is 4.74 Å². The second-order valence-electron chi connectivity index (χ2n) is 8.34. The standard InChI is InChI=1S/C25H27Cl2NO5/c1-14(2)13-33-20-8-6-17(11-15(20)3)23(29)21-22(16-5-7-18(26)19(27)12-16)28(9-10-32-4)25(31)24(21)30/h5-8,11-12,14,22,29H,9-10,13H2,1-4H3/b23-21+/t22-/m0/s1. The number of nitrogens with zero attached hydrogens (tertiary/aromatic N) is 1. The molecule has 1 atom stereocenters. The van der Waals surface area contributed by atoms with E-state index in [-0.39, 0.29) is 29.5 Å². The van der Waals surface area contributed by atoms with Crippen molar-refractivity contribution in [2.24, 2.45) is 5.92 Å². The Balaban J connectivity index is 2.10. The van der Waals surface area contributed by atoms with E-state index in [0.29, 0.717) is 34.4 Å². The van der Waals surface area contributed by atoms with Crippen LogP contribution >= 0.6 is 23.2 Å². The molecule has 1 amide bonds. The summed E-state index contributed by atoms with van der Waals surface area (Å²) in [7, 11) is 1.51. The van der Waals surface area contributed by atoms with Gasteiger partial charge in [-0.15, -0.1) is 0 Å². The molecule has 2 aromatic carbocycles. The SMILES string of the molecule is COCCN1C(=O)C(=O)/C(=C(/O)c2ccc(OCC(C)C)c(C)c2)[C@@H]1c1ccc(Cl)c(Cl)c1. The van der Waals surface area contributed by atoms with Gasteiger partial charge in [-0.3, -0.25) is 9.59 Å². The first-order chi connectivity index (χ1) is 15.6. The number of halogens is 2. The van der Waals surface area contributed by atoms with Crippen molar-refractivity contribution in [1.82, 2.24) is 4.90 Å². The van der Waals surface area contributed by atoms with Crippen LogP contribution in [0.5, 0.6) is 5.75 Å². The average molecular weight is 492 g/mol. The van der Waals surface area contributed by atoms with Gasteiger partial charge in [-0.25, -0.2) is 0 Å². The largest absolute Gasteiger partial charge is 0.507 e. The predicted molar refractivity (Wildman–Crippen MR) is 129 cm³/mol. The molecule has 1 aliphatic rings. The van der Waals surface area contributed by atoms with Gasteiger partial charge in [0.2, 0.25) is 0 Å². The minimum Gasteiger partial charge on any atom is -0.507 e. The maximum absolute atomic E-state index is 13.0. The molecule has 0 spiro atoms. The molecule has 2 aromatic rings. The number of Topliss-reactive ketones (excluding diaryl/α,β-unsaturated/α-hetero) is 1. The quantitative estimate of drug-likeness (QED) is 0.303. The number of likely N-dealkylation sites (tertiary alicyclic amines) is 1. The Hall–Kier alpha value is -2.54. The summed E-state index contributed by atoms with van der Waals surface area (Å²) in [6.45, 7) is 6.94. The molecule has 0 unspecified atom stereocenters. The molecule has 0 aliphatic carbocycles. The molecule has 0 radical (unpaired) electrons. The molecular formula is C25H27Cl2NO5. The van der Waals surface area contributed by atoms with Gasteiger partial charge in [0.05, 0.1) is 34.9 Å². The van der Waals surface area contributed by atoms with E-state index in [9.17, 15) is 14.7 Å². The van der Waals surface area contributed by atoms with Gasteiger partial charge in [0, 0.05) is 19.2 Å². The third kappa shape index (κ3) is 5.35. The van der Waals surface area contributed by atoms with E-state index in [2.05, 4.69) is 13.8 Å². The average Bonchev–Trinajstić information content (AvgIpc) is 3.02. The first-order valence-corrected chi connectivity index (χ1v) is 11.4. The van der Waals surface area contributed by atoms with E-state index in [1.165, 1.54) is 12.0 Å². The van der Waals surface area contributed by atoms with Crippen LogP contribution in [0.15, 0.2) is 42.0 Å². The van der Waals surface area contributed by atoms with Crippen molar-refractivity contribution in [3.8, 4) is 5.75 Å². The van der Waals surface area contributed by atoms with Crippen LogP contribution in [0, 0.1) is 12.8 Å². The molecule has 176 valence electrons. The van der Waals surface area contributed by atoms with Crippen LogP contribution in [0.25, 0.3) is 5.76 Å². The number of carbonyl (C=O) groups is 2. The molecule has 33 heavy (non-hydrogen) atoms. The molecule has 0 aromatic heterocycles. The van der Waals surface area contributed by atoms with Gasteiger partial charge >= 0.3 is 0 Å². The molecule has 1 saturated heterocycles. The molecule has 3 rings (SSSR count). The summed E-state index contributed by atoms with van der Waals surface area (Å²) in [6, 6.07) is 9.22.